The van der Waals surface area contributed by atoms with Gasteiger partial charge in [-0.2, -0.15) is 0 Å². The summed E-state index contributed by atoms with van der Waals surface area (Å²) in [7, 11) is 0. The van der Waals surface area contributed by atoms with Crippen LogP contribution in [0.15, 0.2) is 18.3 Å². The molecule has 0 fully saturated rings. The van der Waals surface area contributed by atoms with Gasteiger partial charge in [-0.1, -0.05) is 0 Å². The summed E-state index contributed by atoms with van der Waals surface area (Å²) in [6.07, 6.45) is 7.74. The fourth-order valence-corrected chi connectivity index (χ4v) is 1.15. The molecule has 1 unspecified atom stereocenters. The van der Waals surface area contributed by atoms with Crippen molar-refractivity contribution in [2.75, 3.05) is 5.32 Å². The summed E-state index contributed by atoms with van der Waals surface area (Å²) < 4.78 is 0. The molecular weight excluding hydrogens is 160 g/mol. The van der Waals surface area contributed by atoms with Gasteiger partial charge in [0.2, 0.25) is 0 Å². The van der Waals surface area contributed by atoms with Crippen LogP contribution >= 0.6 is 0 Å². The van der Waals surface area contributed by atoms with E-state index in [9.17, 15) is 0 Å². The zero-order valence-corrected chi connectivity index (χ0v) is 8.04. The maximum atomic E-state index is 5.21. The van der Waals surface area contributed by atoms with Gasteiger partial charge >= 0.3 is 0 Å². The molecule has 0 radical (unpaired) electrons. The highest BCUT2D eigenvalue weighted by Gasteiger charge is 1.99. The molecule has 0 aliphatic carbocycles. The minimum absolute atomic E-state index is 0.312. The Balaban J connectivity index is 2.59. The number of nitrogens with zero attached hydrogens (tertiary/aromatic N) is 1. The van der Waals surface area contributed by atoms with E-state index in [-0.39, 0.29) is 0 Å². The van der Waals surface area contributed by atoms with Gasteiger partial charge in [-0.15, -0.1) is 12.3 Å². The first-order chi connectivity index (χ1) is 6.22. The van der Waals surface area contributed by atoms with E-state index < -0.39 is 0 Å². The number of aryl methyl sites for hydroxylation is 1. The molecule has 1 atom stereocenters. The monoisotopic (exact) mass is 174 g/mol. The van der Waals surface area contributed by atoms with E-state index >= 15 is 0 Å². The molecule has 1 N–H and O–H groups in total. The van der Waals surface area contributed by atoms with Crippen LogP contribution in [0.2, 0.25) is 0 Å². The van der Waals surface area contributed by atoms with Crippen LogP contribution in [0.25, 0.3) is 0 Å². The average molecular weight is 174 g/mol. The predicted octanol–water partition coefficient (Wildman–Crippen LogP) is 2.21. The minimum Gasteiger partial charge on any atom is -0.382 e. The summed E-state index contributed by atoms with van der Waals surface area (Å²) in [6, 6.07) is 4.26. The van der Waals surface area contributed by atoms with Crippen molar-refractivity contribution >= 4 is 5.69 Å². The lowest BCUT2D eigenvalue weighted by atomic mass is 10.2. The van der Waals surface area contributed by atoms with Crippen LogP contribution in [0.5, 0.6) is 0 Å². The van der Waals surface area contributed by atoms with Crippen molar-refractivity contribution in [3.8, 4) is 12.3 Å². The van der Waals surface area contributed by atoms with E-state index in [1.165, 1.54) is 0 Å². The highest BCUT2D eigenvalue weighted by atomic mass is 14.9. The van der Waals surface area contributed by atoms with Gasteiger partial charge in [0.15, 0.2) is 0 Å². The van der Waals surface area contributed by atoms with Gasteiger partial charge in [-0.25, -0.2) is 0 Å². The molecule has 0 saturated carbocycles. The topological polar surface area (TPSA) is 24.9 Å². The van der Waals surface area contributed by atoms with Crippen molar-refractivity contribution in [1.82, 2.24) is 4.98 Å². The Bertz CT molecular complexity index is 312. The Morgan fingerprint density at radius 1 is 1.69 bits per heavy atom. The molecule has 0 aromatic carbocycles. The van der Waals surface area contributed by atoms with Gasteiger partial charge < -0.3 is 5.32 Å². The second kappa shape index (κ2) is 4.51. The number of hydrogen-bond acceptors (Lipinski definition) is 2. The molecule has 68 valence electrons. The molecule has 1 aromatic heterocycles. The van der Waals surface area contributed by atoms with E-state index in [4.69, 9.17) is 6.42 Å². The highest BCUT2D eigenvalue weighted by molar-refractivity contribution is 5.43. The summed E-state index contributed by atoms with van der Waals surface area (Å²) in [4.78, 5) is 4.11. The molecule has 0 bridgehead atoms. The first kappa shape index (κ1) is 9.60. The van der Waals surface area contributed by atoms with Gasteiger partial charge in [-0.3, -0.25) is 4.98 Å². The van der Waals surface area contributed by atoms with Crippen LogP contribution in [0, 0.1) is 19.3 Å². The van der Waals surface area contributed by atoms with Crippen molar-refractivity contribution < 1.29 is 0 Å². The summed E-state index contributed by atoms with van der Waals surface area (Å²) >= 11 is 0. The molecule has 2 nitrogen and oxygen atoms in total. The Morgan fingerprint density at radius 3 is 3.08 bits per heavy atom. The van der Waals surface area contributed by atoms with Crippen LogP contribution in [0.1, 0.15) is 19.0 Å². The van der Waals surface area contributed by atoms with E-state index in [1.54, 1.807) is 6.20 Å². The Hall–Kier alpha value is -1.49. The van der Waals surface area contributed by atoms with Gasteiger partial charge in [-0.05, 0) is 26.0 Å². The molecule has 13 heavy (non-hydrogen) atoms. The molecule has 1 heterocycles. The number of rotatable bonds is 3. The summed E-state index contributed by atoms with van der Waals surface area (Å²) in [5.74, 6) is 2.62. The van der Waals surface area contributed by atoms with Crippen LogP contribution in [-0.2, 0) is 0 Å². The highest BCUT2D eigenvalue weighted by Crippen LogP contribution is 2.09. The van der Waals surface area contributed by atoms with Crippen molar-refractivity contribution in [2.24, 2.45) is 0 Å². The number of terminal acetylenes is 1. The third-order valence-corrected chi connectivity index (χ3v) is 1.73. The Kier molecular flexibility index (Phi) is 3.33. The van der Waals surface area contributed by atoms with Gasteiger partial charge in [0.05, 0.1) is 0 Å². The molecule has 0 spiro atoms. The summed E-state index contributed by atoms with van der Waals surface area (Å²) in [6.45, 7) is 4.03. The van der Waals surface area contributed by atoms with Crippen molar-refractivity contribution in [1.29, 1.82) is 0 Å². The number of anilines is 1. The Morgan fingerprint density at radius 2 is 2.46 bits per heavy atom. The van der Waals surface area contributed by atoms with Crippen LogP contribution in [0.4, 0.5) is 5.69 Å². The lowest BCUT2D eigenvalue weighted by molar-refractivity contribution is 0.828. The maximum Gasteiger partial charge on any atom is 0.0393 e. The van der Waals surface area contributed by atoms with Crippen molar-refractivity contribution in [3.63, 3.8) is 0 Å². The van der Waals surface area contributed by atoms with Crippen molar-refractivity contribution in [3.05, 3.63) is 24.0 Å². The third-order valence-electron chi connectivity index (χ3n) is 1.73. The number of hydrogen-bond donors (Lipinski definition) is 1. The predicted molar refractivity (Wildman–Crippen MR) is 55.5 cm³/mol. The minimum atomic E-state index is 0.312. The van der Waals surface area contributed by atoms with Gasteiger partial charge in [0, 0.05) is 30.0 Å². The molecule has 0 aliphatic rings. The molecule has 0 amide bonds. The molecule has 0 aliphatic heterocycles. The van der Waals surface area contributed by atoms with Gasteiger partial charge in [0.1, 0.15) is 0 Å². The molecule has 1 rings (SSSR count). The molecule has 2 heteroatoms. The Labute approximate surface area is 79.4 Å². The lowest BCUT2D eigenvalue weighted by Crippen LogP contribution is -2.13. The zero-order chi connectivity index (χ0) is 9.68. The molecule has 0 saturated heterocycles. The fourth-order valence-electron chi connectivity index (χ4n) is 1.15. The lowest BCUT2D eigenvalue weighted by Gasteiger charge is -2.12. The number of pyridine rings is 1. The second-order valence-electron chi connectivity index (χ2n) is 3.14. The van der Waals surface area contributed by atoms with Gasteiger partial charge in [0.25, 0.3) is 0 Å². The van der Waals surface area contributed by atoms with Crippen LogP contribution in [-0.4, -0.2) is 11.0 Å². The zero-order valence-electron chi connectivity index (χ0n) is 8.04. The fraction of sp³-hybridized carbons (Fsp3) is 0.364. The normalized spacial score (nSPS) is 11.8. The van der Waals surface area contributed by atoms with E-state index in [0.29, 0.717) is 6.04 Å². The summed E-state index contributed by atoms with van der Waals surface area (Å²) in [5, 5.41) is 3.30. The van der Waals surface area contributed by atoms with Crippen LogP contribution < -0.4 is 5.32 Å². The molecule has 1 aromatic rings. The van der Waals surface area contributed by atoms with E-state index in [1.807, 2.05) is 19.1 Å². The largest absolute Gasteiger partial charge is 0.382 e. The van der Waals surface area contributed by atoms with E-state index in [2.05, 4.69) is 23.1 Å². The number of aromatic nitrogens is 1. The maximum absolute atomic E-state index is 5.21. The smallest absolute Gasteiger partial charge is 0.0393 e. The van der Waals surface area contributed by atoms with Crippen molar-refractivity contribution in [2.45, 2.75) is 26.3 Å². The second-order valence-corrected chi connectivity index (χ2v) is 3.14. The van der Waals surface area contributed by atoms with E-state index in [0.717, 1.165) is 17.8 Å². The molecular formula is C11H14N2. The standard InChI is InChI=1S/C11H14N2/c1-4-5-9(2)13-11-6-7-12-10(3)8-11/h1,6-9H,5H2,2-3H3,(H,12,13). The first-order valence-corrected chi connectivity index (χ1v) is 4.35. The third kappa shape index (κ3) is 3.16. The SMILES string of the molecule is C#CCC(C)Nc1ccnc(C)c1. The quantitative estimate of drug-likeness (QED) is 0.711. The first-order valence-electron chi connectivity index (χ1n) is 4.35. The van der Waals surface area contributed by atoms with Crippen LogP contribution in [0.3, 0.4) is 0 Å². The number of nitrogens with one attached hydrogen (secondary N) is 1. The average Bonchev–Trinajstić information content (AvgIpc) is 2.04. The summed E-state index contributed by atoms with van der Waals surface area (Å²) in [5.41, 5.74) is 2.09.